The number of nitrogen functional groups attached to an aromatic ring is 1. The fraction of sp³-hybridized carbons (Fsp3) is 0.455. The summed E-state index contributed by atoms with van der Waals surface area (Å²) in [5.41, 5.74) is 5.96. The van der Waals surface area contributed by atoms with E-state index in [4.69, 9.17) is 10.5 Å². The molecule has 0 heterocycles. The molecule has 0 aliphatic carbocycles. The summed E-state index contributed by atoms with van der Waals surface area (Å²) in [7, 11) is -3.51. The predicted molar refractivity (Wildman–Crippen MR) is 67.1 cm³/mol. The maximum absolute atomic E-state index is 11.9. The first kappa shape index (κ1) is 14.0. The van der Waals surface area contributed by atoms with Gasteiger partial charge in [0.25, 0.3) is 0 Å². The van der Waals surface area contributed by atoms with Crippen LogP contribution in [0.5, 0.6) is 0 Å². The Balaban J connectivity index is 2.69. The maximum Gasteiger partial charge on any atom is 0.240 e. The maximum atomic E-state index is 11.9. The zero-order valence-electron chi connectivity index (χ0n) is 10.0. The average Bonchev–Trinajstić information content (AvgIpc) is 2.27. The van der Waals surface area contributed by atoms with Gasteiger partial charge < -0.3 is 10.5 Å². The van der Waals surface area contributed by atoms with Crippen LogP contribution in [0.1, 0.15) is 13.8 Å². The van der Waals surface area contributed by atoms with Crippen molar-refractivity contribution in [2.45, 2.75) is 24.8 Å². The minimum Gasteiger partial charge on any atom is -0.399 e. The van der Waals surface area contributed by atoms with E-state index in [2.05, 4.69) is 4.72 Å². The normalized spacial score (nSPS) is 13.5. The Morgan fingerprint density at radius 2 is 2.18 bits per heavy atom. The van der Waals surface area contributed by atoms with Gasteiger partial charge in [-0.05, 0) is 32.0 Å². The van der Waals surface area contributed by atoms with Gasteiger partial charge in [-0.15, -0.1) is 0 Å². The molecular formula is C11H18N2O3S. The van der Waals surface area contributed by atoms with Gasteiger partial charge in [-0.2, -0.15) is 0 Å². The van der Waals surface area contributed by atoms with Gasteiger partial charge in [-0.3, -0.25) is 0 Å². The lowest BCUT2D eigenvalue weighted by atomic mass is 10.3. The van der Waals surface area contributed by atoms with Crippen molar-refractivity contribution in [2.75, 3.05) is 18.9 Å². The third-order valence-corrected chi connectivity index (χ3v) is 3.60. The molecule has 96 valence electrons. The molecule has 0 saturated carbocycles. The quantitative estimate of drug-likeness (QED) is 0.745. The topological polar surface area (TPSA) is 81.4 Å². The number of hydrogen-bond acceptors (Lipinski definition) is 4. The number of rotatable bonds is 6. The van der Waals surface area contributed by atoms with E-state index in [9.17, 15) is 8.42 Å². The van der Waals surface area contributed by atoms with Gasteiger partial charge in [0.05, 0.1) is 11.0 Å². The Labute approximate surface area is 102 Å². The van der Waals surface area contributed by atoms with Crippen molar-refractivity contribution in [1.82, 2.24) is 4.72 Å². The van der Waals surface area contributed by atoms with Crippen LogP contribution in [0, 0.1) is 0 Å². The summed E-state index contributed by atoms with van der Waals surface area (Å²) in [6.07, 6.45) is -0.157. The van der Waals surface area contributed by atoms with Crippen LogP contribution < -0.4 is 10.5 Å². The molecule has 1 rings (SSSR count). The largest absolute Gasteiger partial charge is 0.399 e. The minimum atomic E-state index is -3.51. The van der Waals surface area contributed by atoms with Crippen molar-refractivity contribution in [3.8, 4) is 0 Å². The Bertz CT molecular complexity index is 460. The van der Waals surface area contributed by atoms with Crippen molar-refractivity contribution in [1.29, 1.82) is 0 Å². The monoisotopic (exact) mass is 258 g/mol. The van der Waals surface area contributed by atoms with Crippen LogP contribution >= 0.6 is 0 Å². The van der Waals surface area contributed by atoms with Gasteiger partial charge in [0.1, 0.15) is 0 Å². The number of benzene rings is 1. The van der Waals surface area contributed by atoms with Crippen molar-refractivity contribution in [3.05, 3.63) is 24.3 Å². The van der Waals surface area contributed by atoms with E-state index in [1.165, 1.54) is 12.1 Å². The summed E-state index contributed by atoms with van der Waals surface area (Å²) in [5.74, 6) is 0. The zero-order valence-corrected chi connectivity index (χ0v) is 10.8. The van der Waals surface area contributed by atoms with Crippen molar-refractivity contribution < 1.29 is 13.2 Å². The Morgan fingerprint density at radius 3 is 2.76 bits per heavy atom. The average molecular weight is 258 g/mol. The van der Waals surface area contributed by atoms with Crippen LogP contribution in [-0.2, 0) is 14.8 Å². The third kappa shape index (κ3) is 4.33. The first-order valence-electron chi connectivity index (χ1n) is 5.42. The molecule has 0 fully saturated rings. The first-order valence-corrected chi connectivity index (χ1v) is 6.91. The molecule has 3 N–H and O–H groups in total. The number of ether oxygens (including phenoxy) is 1. The van der Waals surface area contributed by atoms with Gasteiger partial charge in [-0.1, -0.05) is 6.07 Å². The summed E-state index contributed by atoms with van der Waals surface area (Å²) < 4.78 is 31.5. The van der Waals surface area contributed by atoms with Crippen molar-refractivity contribution in [3.63, 3.8) is 0 Å². The molecular weight excluding hydrogens is 240 g/mol. The van der Waals surface area contributed by atoms with E-state index in [0.717, 1.165) is 0 Å². The minimum absolute atomic E-state index is 0.157. The lowest BCUT2D eigenvalue weighted by Gasteiger charge is -2.13. The molecule has 0 aromatic heterocycles. The molecule has 0 aliphatic heterocycles. The smallest absolute Gasteiger partial charge is 0.240 e. The van der Waals surface area contributed by atoms with E-state index >= 15 is 0 Å². The standard InChI is InChI=1S/C11H18N2O3S/c1-3-16-9(2)8-13-17(14,15)11-6-4-5-10(12)7-11/h4-7,9,13H,3,8,12H2,1-2H3. The summed E-state index contributed by atoms with van der Waals surface area (Å²) in [6, 6.07) is 6.18. The summed E-state index contributed by atoms with van der Waals surface area (Å²) in [4.78, 5) is 0.168. The van der Waals surface area contributed by atoms with Gasteiger partial charge in [0, 0.05) is 18.8 Å². The molecule has 0 bridgehead atoms. The highest BCUT2D eigenvalue weighted by Crippen LogP contribution is 2.12. The number of anilines is 1. The van der Waals surface area contributed by atoms with Crippen molar-refractivity contribution >= 4 is 15.7 Å². The molecule has 0 aliphatic rings. The second kappa shape index (κ2) is 6.00. The molecule has 1 aromatic carbocycles. The molecule has 0 saturated heterocycles. The Hall–Kier alpha value is -1.11. The second-order valence-corrected chi connectivity index (χ2v) is 5.46. The van der Waals surface area contributed by atoms with E-state index < -0.39 is 10.0 Å². The van der Waals surface area contributed by atoms with Crippen LogP contribution in [0.2, 0.25) is 0 Å². The van der Waals surface area contributed by atoms with Crippen LogP contribution in [-0.4, -0.2) is 27.7 Å². The predicted octanol–water partition coefficient (Wildman–Crippen LogP) is 0.972. The molecule has 0 amide bonds. The number of nitrogens with one attached hydrogen (secondary N) is 1. The highest BCUT2D eigenvalue weighted by Gasteiger charge is 2.15. The third-order valence-electron chi connectivity index (χ3n) is 2.18. The number of nitrogens with two attached hydrogens (primary N) is 1. The van der Waals surface area contributed by atoms with Crippen molar-refractivity contribution in [2.24, 2.45) is 0 Å². The fourth-order valence-corrected chi connectivity index (χ4v) is 2.51. The zero-order chi connectivity index (χ0) is 12.9. The number of sulfonamides is 1. The summed E-state index contributed by atoms with van der Waals surface area (Å²) in [6.45, 7) is 4.47. The second-order valence-electron chi connectivity index (χ2n) is 3.69. The van der Waals surface area contributed by atoms with Crippen LogP contribution in [0.3, 0.4) is 0 Å². The lowest BCUT2D eigenvalue weighted by molar-refractivity contribution is 0.0799. The van der Waals surface area contributed by atoms with Crippen LogP contribution in [0.15, 0.2) is 29.2 Å². The van der Waals surface area contributed by atoms with Crippen LogP contribution in [0.4, 0.5) is 5.69 Å². The van der Waals surface area contributed by atoms with E-state index in [1.807, 2.05) is 13.8 Å². The van der Waals surface area contributed by atoms with Gasteiger partial charge >= 0.3 is 0 Å². The molecule has 0 spiro atoms. The number of hydrogen-bond donors (Lipinski definition) is 2. The van der Waals surface area contributed by atoms with E-state index in [0.29, 0.717) is 12.3 Å². The molecule has 1 aromatic rings. The Kier molecular flexibility index (Phi) is 4.92. The molecule has 6 heteroatoms. The van der Waals surface area contributed by atoms with Gasteiger partial charge in [0.15, 0.2) is 0 Å². The fourth-order valence-electron chi connectivity index (χ4n) is 1.34. The van der Waals surface area contributed by atoms with E-state index in [-0.39, 0.29) is 17.5 Å². The SMILES string of the molecule is CCOC(C)CNS(=O)(=O)c1cccc(N)c1. The van der Waals surface area contributed by atoms with E-state index in [1.54, 1.807) is 12.1 Å². The highest BCUT2D eigenvalue weighted by atomic mass is 32.2. The van der Waals surface area contributed by atoms with Crippen LogP contribution in [0.25, 0.3) is 0 Å². The highest BCUT2D eigenvalue weighted by molar-refractivity contribution is 7.89. The molecule has 5 nitrogen and oxygen atoms in total. The van der Waals surface area contributed by atoms with Gasteiger partial charge in [0.2, 0.25) is 10.0 Å². The molecule has 1 unspecified atom stereocenters. The molecule has 0 radical (unpaired) electrons. The Morgan fingerprint density at radius 1 is 1.47 bits per heavy atom. The first-order chi connectivity index (χ1) is 7.95. The molecule has 17 heavy (non-hydrogen) atoms. The summed E-state index contributed by atoms with van der Waals surface area (Å²) >= 11 is 0. The lowest BCUT2D eigenvalue weighted by Crippen LogP contribution is -2.32. The summed E-state index contributed by atoms with van der Waals surface area (Å²) in [5, 5.41) is 0. The van der Waals surface area contributed by atoms with Gasteiger partial charge in [-0.25, -0.2) is 13.1 Å². The molecule has 1 atom stereocenters.